The average Bonchev–Trinajstić information content (AvgIpc) is 2.56. The highest BCUT2D eigenvalue weighted by atomic mass is 35.5. The van der Waals surface area contributed by atoms with Crippen molar-refractivity contribution in [3.05, 3.63) is 58.6 Å². The van der Waals surface area contributed by atoms with Crippen molar-refractivity contribution in [2.24, 2.45) is 0 Å². The van der Waals surface area contributed by atoms with Crippen molar-refractivity contribution in [1.82, 2.24) is 0 Å². The van der Waals surface area contributed by atoms with Gasteiger partial charge in [-0.3, -0.25) is 0 Å². The summed E-state index contributed by atoms with van der Waals surface area (Å²) in [5.74, 6) is -1.18. The van der Waals surface area contributed by atoms with Gasteiger partial charge in [-0.1, -0.05) is 29.3 Å². The molecule has 0 radical (unpaired) electrons. The Kier molecular flexibility index (Phi) is 6.28. The number of aliphatic carboxylic acids is 1. The molecule has 0 saturated carbocycles. The molecular weight excluding hydrogens is 380 g/mol. The molecule has 8 heteroatoms. The Morgan fingerprint density at radius 1 is 1.23 bits per heavy atom. The fourth-order valence-electron chi connectivity index (χ4n) is 2.06. The van der Waals surface area contributed by atoms with Gasteiger partial charge in [0.05, 0.1) is 11.6 Å². The van der Waals surface area contributed by atoms with E-state index in [9.17, 15) is 13.2 Å². The Morgan fingerprint density at radius 2 is 1.88 bits per heavy atom. The van der Waals surface area contributed by atoms with Crippen LogP contribution in [0.3, 0.4) is 0 Å². The van der Waals surface area contributed by atoms with Gasteiger partial charge in [-0.2, -0.15) is 8.42 Å². The zero-order valence-electron chi connectivity index (χ0n) is 14.1. The number of hydrogen-bond acceptors (Lipinski definition) is 5. The molecule has 138 valence electrons. The Balaban J connectivity index is 2.44. The van der Waals surface area contributed by atoms with E-state index in [2.05, 4.69) is 0 Å². The van der Waals surface area contributed by atoms with Gasteiger partial charge in [0.25, 0.3) is 0 Å². The van der Waals surface area contributed by atoms with E-state index in [1.165, 1.54) is 30.3 Å². The van der Waals surface area contributed by atoms with E-state index >= 15 is 0 Å². The normalized spacial score (nSPS) is 11.5. The van der Waals surface area contributed by atoms with Gasteiger partial charge >= 0.3 is 16.1 Å². The van der Waals surface area contributed by atoms with Crippen LogP contribution in [-0.2, 0) is 14.9 Å². The summed E-state index contributed by atoms with van der Waals surface area (Å²) in [6.07, 6.45) is 2.25. The zero-order valence-corrected chi connectivity index (χ0v) is 15.7. The van der Waals surface area contributed by atoms with Crippen LogP contribution in [-0.4, -0.2) is 26.1 Å². The number of carboxylic acids is 1. The van der Waals surface area contributed by atoms with E-state index in [-0.39, 0.29) is 28.0 Å². The van der Waals surface area contributed by atoms with Crippen LogP contribution < -0.4 is 8.92 Å². The van der Waals surface area contributed by atoms with Crippen LogP contribution in [0, 0.1) is 6.92 Å². The summed E-state index contributed by atoms with van der Waals surface area (Å²) in [4.78, 5) is 10.6. The summed E-state index contributed by atoms with van der Waals surface area (Å²) >= 11 is 6.15. The minimum absolute atomic E-state index is 0.0170. The number of ether oxygens (including phenoxy) is 1. The molecule has 0 aliphatic carbocycles. The largest absolute Gasteiger partial charge is 0.490 e. The number of halogens is 1. The smallest absolute Gasteiger partial charge is 0.339 e. The van der Waals surface area contributed by atoms with E-state index in [0.29, 0.717) is 5.56 Å². The molecule has 0 aliphatic rings. The highest BCUT2D eigenvalue weighted by Gasteiger charge is 2.22. The summed E-state index contributed by atoms with van der Waals surface area (Å²) in [6.45, 7) is 3.79. The minimum atomic E-state index is -4.11. The summed E-state index contributed by atoms with van der Waals surface area (Å²) in [5, 5.41) is 8.70. The lowest BCUT2D eigenvalue weighted by molar-refractivity contribution is -0.131. The molecule has 0 aliphatic heterocycles. The molecule has 0 saturated heterocycles. The van der Waals surface area contributed by atoms with Crippen LogP contribution in [0.4, 0.5) is 0 Å². The molecule has 0 atom stereocenters. The first kappa shape index (κ1) is 19.8. The molecule has 0 amide bonds. The number of carboxylic acid groups (broad SMARTS) is 1. The van der Waals surface area contributed by atoms with Gasteiger partial charge in [-0.15, -0.1) is 0 Å². The predicted octanol–water partition coefficient (Wildman–Crippen LogP) is 3.91. The minimum Gasteiger partial charge on any atom is -0.490 e. The molecular formula is C18H17ClO6S. The van der Waals surface area contributed by atoms with Crippen LogP contribution in [0.15, 0.2) is 47.4 Å². The summed E-state index contributed by atoms with van der Waals surface area (Å²) in [6, 6.07) is 9.02. The Hall–Kier alpha value is -2.51. The summed E-state index contributed by atoms with van der Waals surface area (Å²) < 4.78 is 35.6. The maximum atomic E-state index is 12.5. The third-order valence-corrected chi connectivity index (χ3v) is 4.77. The quantitative estimate of drug-likeness (QED) is 0.563. The van der Waals surface area contributed by atoms with Crippen molar-refractivity contribution in [3.63, 3.8) is 0 Å². The first-order valence-corrected chi connectivity index (χ1v) is 9.40. The maximum Gasteiger partial charge on any atom is 0.339 e. The monoisotopic (exact) mass is 396 g/mol. The second-order valence-electron chi connectivity index (χ2n) is 5.29. The van der Waals surface area contributed by atoms with Crippen LogP contribution in [0.5, 0.6) is 11.5 Å². The van der Waals surface area contributed by atoms with E-state index in [4.69, 9.17) is 25.6 Å². The lowest BCUT2D eigenvalue weighted by Crippen LogP contribution is -2.11. The third kappa shape index (κ3) is 5.00. The van der Waals surface area contributed by atoms with Crippen molar-refractivity contribution in [1.29, 1.82) is 0 Å². The molecule has 0 aromatic heterocycles. The molecule has 0 heterocycles. The maximum absolute atomic E-state index is 12.5. The Bertz CT molecular complexity index is 933. The van der Waals surface area contributed by atoms with Gasteiger partial charge in [-0.05, 0) is 49.8 Å². The standard InChI is InChI=1S/C18H17ClO6S/c1-3-24-16-11-13(6-9-17(20)21)10-15(19)18(16)25-26(22,23)14-7-4-12(2)5-8-14/h4-11H,3H2,1-2H3,(H,20,21)/b9-6+. The van der Waals surface area contributed by atoms with Crippen molar-refractivity contribution in [2.45, 2.75) is 18.7 Å². The molecule has 6 nitrogen and oxygen atoms in total. The Morgan fingerprint density at radius 3 is 2.46 bits per heavy atom. The van der Waals surface area contributed by atoms with Gasteiger partial charge in [-0.25, -0.2) is 4.79 Å². The third-order valence-electron chi connectivity index (χ3n) is 3.25. The average molecular weight is 397 g/mol. The summed E-state index contributed by atoms with van der Waals surface area (Å²) in [5.41, 5.74) is 1.34. The van der Waals surface area contributed by atoms with Crippen LogP contribution in [0.1, 0.15) is 18.1 Å². The second-order valence-corrected chi connectivity index (χ2v) is 7.24. The molecule has 0 spiro atoms. The van der Waals surface area contributed by atoms with Gasteiger partial charge < -0.3 is 14.0 Å². The Labute approximate surface area is 156 Å². The molecule has 2 aromatic rings. The first-order valence-electron chi connectivity index (χ1n) is 7.61. The van der Waals surface area contributed by atoms with Crippen LogP contribution >= 0.6 is 11.6 Å². The van der Waals surface area contributed by atoms with Gasteiger partial charge in [0, 0.05) is 6.08 Å². The van der Waals surface area contributed by atoms with E-state index in [0.717, 1.165) is 11.6 Å². The lowest BCUT2D eigenvalue weighted by Gasteiger charge is -2.14. The highest BCUT2D eigenvalue weighted by Crippen LogP contribution is 2.38. The van der Waals surface area contributed by atoms with Gasteiger partial charge in [0.2, 0.25) is 5.75 Å². The van der Waals surface area contributed by atoms with Gasteiger partial charge in [0.15, 0.2) is 5.75 Å². The number of aryl methyl sites for hydroxylation is 1. The lowest BCUT2D eigenvalue weighted by atomic mass is 10.2. The highest BCUT2D eigenvalue weighted by molar-refractivity contribution is 7.87. The van der Waals surface area contributed by atoms with E-state index < -0.39 is 16.1 Å². The van der Waals surface area contributed by atoms with Crippen molar-refractivity contribution in [3.8, 4) is 11.5 Å². The van der Waals surface area contributed by atoms with Crippen molar-refractivity contribution in [2.75, 3.05) is 6.61 Å². The van der Waals surface area contributed by atoms with Crippen molar-refractivity contribution >= 4 is 33.8 Å². The molecule has 0 fully saturated rings. The fraction of sp³-hybridized carbons (Fsp3) is 0.167. The number of benzene rings is 2. The zero-order chi connectivity index (χ0) is 19.3. The molecule has 0 unspecified atom stereocenters. The topological polar surface area (TPSA) is 89.9 Å². The van der Waals surface area contributed by atoms with E-state index in [1.54, 1.807) is 19.1 Å². The number of hydrogen-bond donors (Lipinski definition) is 1. The van der Waals surface area contributed by atoms with Gasteiger partial charge in [0.1, 0.15) is 4.90 Å². The molecule has 0 bridgehead atoms. The molecule has 2 rings (SSSR count). The fourth-order valence-corrected chi connectivity index (χ4v) is 3.32. The molecule has 1 N–H and O–H groups in total. The first-order chi connectivity index (χ1) is 12.2. The van der Waals surface area contributed by atoms with Crippen LogP contribution in [0.25, 0.3) is 6.08 Å². The molecule has 2 aromatic carbocycles. The number of rotatable bonds is 7. The second kappa shape index (κ2) is 8.25. The molecule has 26 heavy (non-hydrogen) atoms. The van der Waals surface area contributed by atoms with E-state index in [1.807, 2.05) is 6.92 Å². The number of carbonyl (C=O) groups is 1. The van der Waals surface area contributed by atoms with Crippen LogP contribution in [0.2, 0.25) is 5.02 Å². The summed E-state index contributed by atoms with van der Waals surface area (Å²) in [7, 11) is -4.11. The SMILES string of the molecule is CCOc1cc(/C=C/C(=O)O)cc(Cl)c1OS(=O)(=O)c1ccc(C)cc1. The van der Waals surface area contributed by atoms with Crippen molar-refractivity contribution < 1.29 is 27.2 Å². The predicted molar refractivity (Wildman–Crippen MR) is 98.3 cm³/mol.